The van der Waals surface area contributed by atoms with Gasteiger partial charge in [0.25, 0.3) is 0 Å². The summed E-state index contributed by atoms with van der Waals surface area (Å²) >= 11 is 1.01. The monoisotopic (exact) mass is 471 g/mol. The van der Waals surface area contributed by atoms with Crippen LogP contribution in [0, 0.1) is 5.92 Å². The molecule has 0 saturated carbocycles. The first kappa shape index (κ1) is 23.9. The lowest BCUT2D eigenvalue weighted by Crippen LogP contribution is -2.45. The van der Waals surface area contributed by atoms with Crippen LogP contribution in [0.25, 0.3) is 10.2 Å². The molecule has 0 bridgehead atoms. The van der Waals surface area contributed by atoms with Crippen molar-refractivity contribution in [2.75, 3.05) is 32.8 Å². The number of phenols is 1. The van der Waals surface area contributed by atoms with Crippen molar-refractivity contribution in [2.45, 2.75) is 37.8 Å². The Kier molecular flexibility index (Phi) is 8.52. The van der Waals surface area contributed by atoms with Crippen LogP contribution in [0.15, 0.2) is 47.3 Å². The molecule has 8 heteroatoms. The number of H-pyrrole nitrogens is 1. The lowest BCUT2D eigenvalue weighted by Gasteiger charge is -2.32. The van der Waals surface area contributed by atoms with Gasteiger partial charge in [0.05, 0.1) is 17.4 Å². The molecule has 0 radical (unpaired) electrons. The fourth-order valence-corrected chi connectivity index (χ4v) is 5.47. The maximum Gasteiger partial charge on any atom is 0.305 e. The fraction of sp³-hybridized carbons (Fsp3) is 0.480. The van der Waals surface area contributed by atoms with E-state index in [0.29, 0.717) is 41.5 Å². The zero-order valence-corrected chi connectivity index (χ0v) is 19.6. The molecule has 2 unspecified atom stereocenters. The number of thiazole rings is 1. The Hall–Kier alpha value is -2.23. The number of aliphatic hydroxyl groups excluding tert-OH is 1. The van der Waals surface area contributed by atoms with Crippen LogP contribution in [0.2, 0.25) is 0 Å². The van der Waals surface area contributed by atoms with Crippen molar-refractivity contribution in [3.8, 4) is 5.75 Å². The number of nitrogens with one attached hydrogen (secondary N) is 3. The predicted octanol–water partition coefficient (Wildman–Crippen LogP) is 2.94. The van der Waals surface area contributed by atoms with Crippen molar-refractivity contribution in [2.24, 2.45) is 5.92 Å². The second kappa shape index (κ2) is 11.8. The van der Waals surface area contributed by atoms with E-state index in [1.54, 1.807) is 6.07 Å². The second-order valence-electron chi connectivity index (χ2n) is 8.67. The number of rotatable bonds is 11. The maximum absolute atomic E-state index is 11.8. The molecule has 2 aromatic carbocycles. The van der Waals surface area contributed by atoms with Gasteiger partial charge in [0, 0.05) is 24.8 Å². The van der Waals surface area contributed by atoms with Crippen molar-refractivity contribution in [3.63, 3.8) is 0 Å². The summed E-state index contributed by atoms with van der Waals surface area (Å²) in [5.41, 5.74) is 2.32. The third kappa shape index (κ3) is 6.43. The number of aliphatic hydroxyl groups is 1. The molecular weight excluding hydrogens is 438 g/mol. The van der Waals surface area contributed by atoms with E-state index in [2.05, 4.69) is 27.8 Å². The van der Waals surface area contributed by atoms with Gasteiger partial charge in [-0.15, -0.1) is 0 Å². The molecule has 1 saturated heterocycles. The average molecular weight is 472 g/mol. The summed E-state index contributed by atoms with van der Waals surface area (Å²) in [4.78, 5) is 14.2. The smallest absolute Gasteiger partial charge is 0.305 e. The number of aromatic hydroxyl groups is 1. The lowest BCUT2D eigenvalue weighted by molar-refractivity contribution is 0.109. The highest BCUT2D eigenvalue weighted by molar-refractivity contribution is 7.16. The van der Waals surface area contributed by atoms with Gasteiger partial charge >= 0.3 is 4.87 Å². The minimum absolute atomic E-state index is 0.0195. The number of hydrogen-bond donors (Lipinski definition) is 5. The summed E-state index contributed by atoms with van der Waals surface area (Å²) in [5, 5.41) is 28.0. The van der Waals surface area contributed by atoms with E-state index in [9.17, 15) is 15.0 Å². The fourth-order valence-electron chi connectivity index (χ4n) is 4.55. The van der Waals surface area contributed by atoms with E-state index in [1.165, 1.54) is 11.6 Å². The zero-order chi connectivity index (χ0) is 23.0. The Morgan fingerprint density at radius 1 is 1.18 bits per heavy atom. The highest BCUT2D eigenvalue weighted by atomic mass is 32.1. The van der Waals surface area contributed by atoms with Crippen molar-refractivity contribution in [3.05, 3.63) is 63.3 Å². The van der Waals surface area contributed by atoms with Gasteiger partial charge in [-0.05, 0) is 56.3 Å². The summed E-state index contributed by atoms with van der Waals surface area (Å²) in [5.74, 6) is 0.498. The molecule has 33 heavy (non-hydrogen) atoms. The minimum Gasteiger partial charge on any atom is -0.506 e. The Labute approximate surface area is 197 Å². The third-order valence-corrected chi connectivity index (χ3v) is 7.31. The van der Waals surface area contributed by atoms with E-state index in [1.807, 2.05) is 18.2 Å². The molecule has 4 rings (SSSR count). The van der Waals surface area contributed by atoms with Gasteiger partial charge in [-0.3, -0.25) is 4.79 Å². The molecule has 1 aliphatic rings. The number of piperidine rings is 1. The van der Waals surface area contributed by atoms with Crippen molar-refractivity contribution < 1.29 is 14.9 Å². The average Bonchev–Trinajstić information content (AvgIpc) is 3.24. The van der Waals surface area contributed by atoms with Gasteiger partial charge < -0.3 is 30.6 Å². The van der Waals surface area contributed by atoms with Crippen LogP contribution >= 0.6 is 11.3 Å². The number of aromatic amines is 1. The lowest BCUT2D eigenvalue weighted by atomic mass is 9.89. The second-order valence-corrected chi connectivity index (χ2v) is 9.65. The summed E-state index contributed by atoms with van der Waals surface area (Å²) in [6, 6.07) is 13.8. The summed E-state index contributed by atoms with van der Waals surface area (Å²) in [6.45, 7) is 3.75. The van der Waals surface area contributed by atoms with Gasteiger partial charge in [-0.2, -0.15) is 0 Å². The number of hydrogen-bond acceptors (Lipinski definition) is 7. The van der Waals surface area contributed by atoms with Crippen LogP contribution in [0.4, 0.5) is 0 Å². The van der Waals surface area contributed by atoms with Crippen LogP contribution in [0.3, 0.4) is 0 Å². The molecule has 1 aromatic heterocycles. The highest BCUT2D eigenvalue weighted by Gasteiger charge is 2.25. The largest absolute Gasteiger partial charge is 0.506 e. The first-order valence-corrected chi connectivity index (χ1v) is 12.5. The molecule has 3 aromatic rings. The summed E-state index contributed by atoms with van der Waals surface area (Å²) in [6.07, 6.45) is 3.29. The van der Waals surface area contributed by atoms with Gasteiger partial charge in [0.1, 0.15) is 11.3 Å². The summed E-state index contributed by atoms with van der Waals surface area (Å²) in [7, 11) is 0. The van der Waals surface area contributed by atoms with Crippen molar-refractivity contribution in [1.82, 2.24) is 15.6 Å². The predicted molar refractivity (Wildman–Crippen MR) is 132 cm³/mol. The van der Waals surface area contributed by atoms with E-state index >= 15 is 0 Å². The minimum atomic E-state index is -0.780. The molecule has 5 N–H and O–H groups in total. The van der Waals surface area contributed by atoms with Gasteiger partial charge in [0.2, 0.25) is 0 Å². The SMILES string of the molecule is O=c1[nH]c2c(O)ccc(C(O)CNC(CCOCCc3ccccc3)[C@@H]3CCCNC3)c2s1. The van der Waals surface area contributed by atoms with Gasteiger partial charge in [0.15, 0.2) is 0 Å². The van der Waals surface area contributed by atoms with Crippen LogP contribution in [0.5, 0.6) is 5.75 Å². The standard InChI is InChI=1S/C25H33N3O4S/c29-21-9-8-19(24-23(21)28-25(31)33-24)22(30)16-27-20(18-7-4-12-26-15-18)11-14-32-13-10-17-5-2-1-3-6-17/h1-3,5-6,8-9,18,20,22,26-27,29-30H,4,7,10-16H2,(H,28,31)/t18-,20?,22?/m1/s1. The highest BCUT2D eigenvalue weighted by Crippen LogP contribution is 2.31. The normalized spacial score (nSPS) is 18.4. The molecule has 0 spiro atoms. The molecular formula is C25H33N3O4S. The quantitative estimate of drug-likeness (QED) is 0.275. The zero-order valence-electron chi connectivity index (χ0n) is 18.8. The van der Waals surface area contributed by atoms with Crippen LogP contribution in [-0.2, 0) is 11.2 Å². The number of phenolic OH excluding ortho intramolecular Hbond substituents is 1. The Morgan fingerprint density at radius 2 is 2.03 bits per heavy atom. The first-order valence-electron chi connectivity index (χ1n) is 11.7. The molecule has 7 nitrogen and oxygen atoms in total. The molecule has 0 aliphatic carbocycles. The van der Waals surface area contributed by atoms with Crippen molar-refractivity contribution >= 4 is 21.6 Å². The van der Waals surface area contributed by atoms with Gasteiger partial charge in [-0.25, -0.2) is 0 Å². The molecule has 0 amide bonds. The molecule has 2 heterocycles. The maximum atomic E-state index is 11.8. The molecule has 1 fully saturated rings. The molecule has 3 atom stereocenters. The number of aromatic nitrogens is 1. The molecule has 1 aliphatic heterocycles. The van der Waals surface area contributed by atoms with E-state index < -0.39 is 6.10 Å². The van der Waals surface area contributed by atoms with E-state index in [0.717, 1.165) is 50.1 Å². The summed E-state index contributed by atoms with van der Waals surface area (Å²) < 4.78 is 6.54. The Bertz CT molecular complexity index is 1060. The Morgan fingerprint density at radius 3 is 2.82 bits per heavy atom. The van der Waals surface area contributed by atoms with Crippen LogP contribution < -0.4 is 15.5 Å². The van der Waals surface area contributed by atoms with Gasteiger partial charge in [-0.1, -0.05) is 47.7 Å². The first-order chi connectivity index (χ1) is 16.1. The number of fused-ring (bicyclic) bond motifs is 1. The number of ether oxygens (including phenoxy) is 1. The van der Waals surface area contributed by atoms with E-state index in [4.69, 9.17) is 4.74 Å². The van der Waals surface area contributed by atoms with Crippen molar-refractivity contribution in [1.29, 1.82) is 0 Å². The van der Waals surface area contributed by atoms with E-state index in [-0.39, 0.29) is 16.7 Å². The molecule has 178 valence electrons. The topological polar surface area (TPSA) is 107 Å². The third-order valence-electron chi connectivity index (χ3n) is 6.38. The Balaban J connectivity index is 1.33. The van der Waals surface area contributed by atoms with Crippen LogP contribution in [-0.4, -0.2) is 54.1 Å². The van der Waals surface area contributed by atoms with Crippen LogP contribution in [0.1, 0.15) is 36.5 Å². The number of benzene rings is 2.